The largest absolute Gasteiger partial charge is 0.448 e. The SMILES string of the molecule is CN(CC(=O)Nc1cccc(F)c1)C(=O)c1ccc(-c2nc3ccccc3s2)o1. The van der Waals surface area contributed by atoms with E-state index in [9.17, 15) is 14.0 Å². The minimum absolute atomic E-state index is 0.111. The van der Waals surface area contributed by atoms with E-state index in [0.29, 0.717) is 16.5 Å². The summed E-state index contributed by atoms with van der Waals surface area (Å²) in [5, 5.41) is 3.23. The van der Waals surface area contributed by atoms with Gasteiger partial charge < -0.3 is 14.6 Å². The van der Waals surface area contributed by atoms with Crippen LogP contribution >= 0.6 is 11.3 Å². The predicted octanol–water partition coefficient (Wildman–Crippen LogP) is 4.41. The van der Waals surface area contributed by atoms with E-state index < -0.39 is 17.6 Å². The van der Waals surface area contributed by atoms with Crippen molar-refractivity contribution < 1.29 is 18.4 Å². The number of halogens is 1. The lowest BCUT2D eigenvalue weighted by atomic mass is 10.3. The Morgan fingerprint density at radius 2 is 1.97 bits per heavy atom. The van der Waals surface area contributed by atoms with Crippen molar-refractivity contribution in [3.8, 4) is 10.8 Å². The first-order chi connectivity index (χ1) is 14.0. The number of furan rings is 1. The molecule has 0 aliphatic carbocycles. The van der Waals surface area contributed by atoms with Gasteiger partial charge in [-0.15, -0.1) is 11.3 Å². The van der Waals surface area contributed by atoms with Crippen LogP contribution in [0.2, 0.25) is 0 Å². The van der Waals surface area contributed by atoms with Gasteiger partial charge in [-0.05, 0) is 42.5 Å². The van der Waals surface area contributed by atoms with Gasteiger partial charge in [-0.25, -0.2) is 9.37 Å². The molecule has 0 saturated heterocycles. The maximum Gasteiger partial charge on any atom is 0.289 e. The van der Waals surface area contributed by atoms with E-state index in [4.69, 9.17) is 4.42 Å². The molecule has 0 atom stereocenters. The van der Waals surface area contributed by atoms with E-state index in [1.54, 1.807) is 18.2 Å². The van der Waals surface area contributed by atoms with Gasteiger partial charge in [-0.2, -0.15) is 0 Å². The van der Waals surface area contributed by atoms with Gasteiger partial charge in [-0.1, -0.05) is 18.2 Å². The van der Waals surface area contributed by atoms with Gasteiger partial charge in [0, 0.05) is 12.7 Å². The number of hydrogen-bond acceptors (Lipinski definition) is 5. The molecule has 1 N–H and O–H groups in total. The monoisotopic (exact) mass is 409 g/mol. The fourth-order valence-electron chi connectivity index (χ4n) is 2.79. The normalized spacial score (nSPS) is 10.8. The number of para-hydroxylation sites is 1. The quantitative estimate of drug-likeness (QED) is 0.530. The van der Waals surface area contributed by atoms with Crippen molar-refractivity contribution in [2.24, 2.45) is 0 Å². The number of nitrogens with one attached hydrogen (secondary N) is 1. The number of amides is 2. The van der Waals surface area contributed by atoms with Gasteiger partial charge in [0.25, 0.3) is 5.91 Å². The van der Waals surface area contributed by atoms with E-state index in [1.165, 1.54) is 41.5 Å². The summed E-state index contributed by atoms with van der Waals surface area (Å²) in [4.78, 5) is 30.4. The summed E-state index contributed by atoms with van der Waals surface area (Å²) in [6.45, 7) is -0.202. The molecule has 0 fully saturated rings. The first-order valence-corrected chi connectivity index (χ1v) is 9.58. The molecule has 4 aromatic rings. The average Bonchev–Trinajstić information content (AvgIpc) is 3.34. The van der Waals surface area contributed by atoms with Crippen LogP contribution in [-0.4, -0.2) is 35.3 Å². The first kappa shape index (κ1) is 18.8. The molecule has 0 aliphatic heterocycles. The number of aromatic nitrogens is 1. The molecule has 2 aromatic heterocycles. The molecule has 2 aromatic carbocycles. The number of likely N-dealkylation sites (N-methyl/N-ethyl adjacent to an activating group) is 1. The first-order valence-electron chi connectivity index (χ1n) is 8.76. The number of nitrogens with zero attached hydrogens (tertiary/aromatic N) is 2. The molecule has 8 heteroatoms. The molecule has 2 heterocycles. The van der Waals surface area contributed by atoms with E-state index in [2.05, 4.69) is 10.3 Å². The molecule has 0 bridgehead atoms. The molecule has 29 heavy (non-hydrogen) atoms. The summed E-state index contributed by atoms with van der Waals surface area (Å²) >= 11 is 1.47. The number of benzene rings is 2. The highest BCUT2D eigenvalue weighted by Crippen LogP contribution is 2.31. The van der Waals surface area contributed by atoms with Crippen molar-refractivity contribution >= 4 is 39.1 Å². The molecule has 2 amide bonds. The summed E-state index contributed by atoms with van der Waals surface area (Å²) in [6.07, 6.45) is 0. The van der Waals surface area contributed by atoms with E-state index in [0.717, 1.165) is 10.2 Å². The Hall–Kier alpha value is -3.52. The van der Waals surface area contributed by atoms with Crippen LogP contribution in [0.3, 0.4) is 0 Å². The number of anilines is 1. The van der Waals surface area contributed by atoms with Gasteiger partial charge in [0.1, 0.15) is 5.82 Å². The number of hydrogen-bond donors (Lipinski definition) is 1. The smallest absolute Gasteiger partial charge is 0.289 e. The number of thiazole rings is 1. The highest BCUT2D eigenvalue weighted by Gasteiger charge is 2.20. The number of rotatable bonds is 5. The van der Waals surface area contributed by atoms with Crippen molar-refractivity contribution in [2.75, 3.05) is 18.9 Å². The van der Waals surface area contributed by atoms with Crippen molar-refractivity contribution in [2.45, 2.75) is 0 Å². The average molecular weight is 409 g/mol. The lowest BCUT2D eigenvalue weighted by Crippen LogP contribution is -2.34. The van der Waals surface area contributed by atoms with Crippen LogP contribution < -0.4 is 5.32 Å². The Bertz CT molecular complexity index is 1170. The van der Waals surface area contributed by atoms with Crippen molar-refractivity contribution in [3.63, 3.8) is 0 Å². The molecule has 146 valence electrons. The zero-order valence-corrected chi connectivity index (χ0v) is 16.2. The Balaban J connectivity index is 1.43. The maximum atomic E-state index is 13.2. The van der Waals surface area contributed by atoms with Crippen LogP contribution in [0.15, 0.2) is 65.1 Å². The van der Waals surface area contributed by atoms with E-state index in [-0.39, 0.29) is 12.3 Å². The van der Waals surface area contributed by atoms with Crippen LogP contribution in [0, 0.1) is 5.82 Å². The van der Waals surface area contributed by atoms with E-state index >= 15 is 0 Å². The minimum Gasteiger partial charge on any atom is -0.448 e. The third kappa shape index (κ3) is 4.17. The molecule has 0 unspecified atom stereocenters. The highest BCUT2D eigenvalue weighted by atomic mass is 32.1. The number of carbonyl (C=O) groups is 2. The molecule has 4 rings (SSSR count). The second kappa shape index (κ2) is 7.84. The minimum atomic E-state index is -0.454. The Morgan fingerprint density at radius 1 is 1.14 bits per heavy atom. The summed E-state index contributed by atoms with van der Waals surface area (Å²) in [5.41, 5.74) is 1.19. The fraction of sp³-hybridized carbons (Fsp3) is 0.0952. The van der Waals surface area contributed by atoms with Gasteiger partial charge in [0.15, 0.2) is 16.5 Å². The fourth-order valence-corrected chi connectivity index (χ4v) is 3.71. The zero-order valence-electron chi connectivity index (χ0n) is 15.4. The number of fused-ring (bicyclic) bond motifs is 1. The van der Waals surface area contributed by atoms with Crippen molar-refractivity contribution in [1.29, 1.82) is 0 Å². The second-order valence-electron chi connectivity index (χ2n) is 6.37. The predicted molar refractivity (Wildman–Crippen MR) is 109 cm³/mol. The van der Waals surface area contributed by atoms with Gasteiger partial charge >= 0.3 is 0 Å². The second-order valence-corrected chi connectivity index (χ2v) is 7.40. The Labute approximate surface area is 169 Å². The standard InChI is InChI=1S/C21H16FN3O3S/c1-25(12-19(26)23-14-6-4-5-13(22)11-14)21(27)17-10-9-16(28-17)20-24-15-7-2-3-8-18(15)29-20/h2-11H,12H2,1H3,(H,23,26). The lowest BCUT2D eigenvalue weighted by Gasteiger charge is -2.15. The van der Waals surface area contributed by atoms with Crippen molar-refractivity contribution in [3.05, 3.63) is 72.2 Å². The molecule has 0 saturated carbocycles. The Morgan fingerprint density at radius 3 is 2.76 bits per heavy atom. The molecule has 6 nitrogen and oxygen atoms in total. The molecule has 0 spiro atoms. The van der Waals surface area contributed by atoms with Gasteiger partial charge in [0.05, 0.1) is 16.8 Å². The molecular formula is C21H16FN3O3S. The molecule has 0 aliphatic rings. The third-order valence-corrected chi connectivity index (χ3v) is 5.21. The van der Waals surface area contributed by atoms with Crippen LogP contribution in [0.5, 0.6) is 0 Å². The molecule has 0 radical (unpaired) electrons. The summed E-state index contributed by atoms with van der Waals surface area (Å²) in [6, 6.07) is 16.5. The summed E-state index contributed by atoms with van der Waals surface area (Å²) < 4.78 is 19.9. The van der Waals surface area contributed by atoms with Crippen LogP contribution in [0.1, 0.15) is 10.6 Å². The van der Waals surface area contributed by atoms with Crippen LogP contribution in [0.25, 0.3) is 21.0 Å². The van der Waals surface area contributed by atoms with Crippen LogP contribution in [0.4, 0.5) is 10.1 Å². The third-order valence-electron chi connectivity index (χ3n) is 4.16. The van der Waals surface area contributed by atoms with Crippen molar-refractivity contribution in [1.82, 2.24) is 9.88 Å². The topological polar surface area (TPSA) is 75.4 Å². The highest BCUT2D eigenvalue weighted by molar-refractivity contribution is 7.21. The van der Waals surface area contributed by atoms with Gasteiger partial charge in [-0.3, -0.25) is 9.59 Å². The number of carbonyl (C=O) groups excluding carboxylic acids is 2. The Kier molecular flexibility index (Phi) is 5.09. The van der Waals surface area contributed by atoms with Crippen LogP contribution in [-0.2, 0) is 4.79 Å². The summed E-state index contributed by atoms with van der Waals surface area (Å²) in [5.74, 6) is -0.728. The lowest BCUT2D eigenvalue weighted by molar-refractivity contribution is -0.116. The summed E-state index contributed by atoms with van der Waals surface area (Å²) in [7, 11) is 1.49. The van der Waals surface area contributed by atoms with E-state index in [1.807, 2.05) is 24.3 Å². The molecular weight excluding hydrogens is 393 g/mol. The zero-order chi connectivity index (χ0) is 20.4. The van der Waals surface area contributed by atoms with Gasteiger partial charge in [0.2, 0.25) is 5.91 Å². The maximum absolute atomic E-state index is 13.2.